The summed E-state index contributed by atoms with van der Waals surface area (Å²) in [7, 11) is 1.56. The molecule has 266 valence electrons. The lowest BCUT2D eigenvalue weighted by atomic mass is 9.74. The lowest BCUT2D eigenvalue weighted by molar-refractivity contribution is -0.162. The minimum atomic E-state index is -1.52. The number of cyclic esters (lactones) is 1. The smallest absolute Gasteiger partial charge is 0.313 e. The summed E-state index contributed by atoms with van der Waals surface area (Å²) in [6.45, 7) is 5.42. The van der Waals surface area contributed by atoms with E-state index in [-0.39, 0.29) is 31.4 Å². The molecule has 4 heterocycles. The van der Waals surface area contributed by atoms with Crippen molar-refractivity contribution < 1.29 is 38.5 Å². The van der Waals surface area contributed by atoms with Gasteiger partial charge in [-0.25, -0.2) is 0 Å². The van der Waals surface area contributed by atoms with Crippen LogP contribution < -0.4 is 15.0 Å². The third-order valence-corrected chi connectivity index (χ3v) is 11.3. The molecule has 2 N–H and O–H groups in total. The third kappa shape index (κ3) is 6.26. The van der Waals surface area contributed by atoms with Gasteiger partial charge in [-0.3, -0.25) is 19.2 Å². The van der Waals surface area contributed by atoms with Gasteiger partial charge in [0.15, 0.2) is 0 Å². The molecular formula is C38H44BrN3O8. The number of hydrogen-bond donors (Lipinski definition) is 2. The molecule has 0 saturated carbocycles. The lowest BCUT2D eigenvalue weighted by Crippen LogP contribution is -2.59. The second-order valence-electron chi connectivity index (χ2n) is 13.5. The van der Waals surface area contributed by atoms with Crippen LogP contribution in [0.3, 0.4) is 0 Å². The second kappa shape index (κ2) is 14.7. The van der Waals surface area contributed by atoms with Gasteiger partial charge in [0, 0.05) is 23.1 Å². The molecule has 2 saturated heterocycles. The number of carbonyl (C=O) groups excluding carboxylic acids is 4. The van der Waals surface area contributed by atoms with E-state index in [1.165, 1.54) is 4.90 Å². The van der Waals surface area contributed by atoms with Gasteiger partial charge < -0.3 is 34.4 Å². The Morgan fingerprint density at radius 1 is 1.04 bits per heavy atom. The molecule has 4 aliphatic heterocycles. The molecule has 3 amide bonds. The van der Waals surface area contributed by atoms with Crippen LogP contribution in [-0.2, 0) is 28.7 Å². The molecule has 2 aromatic rings. The first-order valence-electron chi connectivity index (χ1n) is 17.2. The number of esters is 1. The van der Waals surface area contributed by atoms with E-state index in [1.54, 1.807) is 49.3 Å². The summed E-state index contributed by atoms with van der Waals surface area (Å²) in [6.07, 6.45) is 4.91. The molecule has 9 atom stereocenters. The van der Waals surface area contributed by atoms with Gasteiger partial charge in [0.1, 0.15) is 35.5 Å². The predicted octanol–water partition coefficient (Wildman–Crippen LogP) is 4.45. The Labute approximate surface area is 300 Å². The van der Waals surface area contributed by atoms with Crippen molar-refractivity contribution in [1.82, 2.24) is 10.2 Å². The van der Waals surface area contributed by atoms with Crippen molar-refractivity contribution in [2.45, 2.75) is 76.0 Å². The maximum absolute atomic E-state index is 15.2. The standard InChI is InChI=1S/C38H44BrN3O8/c1-5-22(2)28(21-43)42-34-36(46)41(25-15-17-26(48-4)18-16-25)19-11-7-10-14-29(44)40-23(3)32(24-12-8-6-9-13-24)49-37(47)30-31(35(42)45)38(34)20-27(39)33(30)50-38/h6-9,11-13,15-18,20,22-23,28,30-34,43H,5,10,14,19,21H2,1-4H3,(H,40,44)/b11-7-/t22-,23+,28-,30-,31+,32-,33-,34-,38+/m0/s1. The number of methoxy groups -OCH3 is 1. The lowest BCUT2D eigenvalue weighted by Gasteiger charge is -2.40. The van der Waals surface area contributed by atoms with Gasteiger partial charge in [-0.15, -0.1) is 0 Å². The summed E-state index contributed by atoms with van der Waals surface area (Å²) in [5.41, 5.74) is -0.287. The summed E-state index contributed by atoms with van der Waals surface area (Å²) in [6, 6.07) is 13.6. The topological polar surface area (TPSA) is 135 Å². The zero-order valence-corrected chi connectivity index (χ0v) is 30.2. The molecule has 0 aliphatic carbocycles. The normalized spacial score (nSPS) is 31.8. The second-order valence-corrected chi connectivity index (χ2v) is 14.4. The highest BCUT2D eigenvalue weighted by molar-refractivity contribution is 9.11. The van der Waals surface area contributed by atoms with Crippen LogP contribution in [0.25, 0.3) is 0 Å². The van der Waals surface area contributed by atoms with Crippen LogP contribution in [0.4, 0.5) is 5.69 Å². The van der Waals surface area contributed by atoms with E-state index in [4.69, 9.17) is 14.2 Å². The SMILES string of the molecule is CC[C@H](C)[C@H](CO)N1C(=O)[C@H]2[C@@H]3C(=O)O[C@H](c4ccccc4)[C@@H](C)NC(=O)CC/C=C\CN(c4ccc(OC)cc4)C(=O)[C@H]1[C@@]21C=C(Br)[C@@H]3O1. The minimum absolute atomic E-state index is 0.130. The van der Waals surface area contributed by atoms with Gasteiger partial charge in [-0.05, 0) is 55.2 Å². The predicted molar refractivity (Wildman–Crippen MR) is 189 cm³/mol. The molecular weight excluding hydrogens is 706 g/mol. The van der Waals surface area contributed by atoms with Gasteiger partial charge >= 0.3 is 5.97 Å². The van der Waals surface area contributed by atoms with Crippen molar-refractivity contribution in [3.05, 3.63) is 82.9 Å². The molecule has 4 aliphatic rings. The van der Waals surface area contributed by atoms with Crippen LogP contribution >= 0.6 is 15.9 Å². The zero-order valence-electron chi connectivity index (χ0n) is 28.7. The number of halogens is 1. The first-order chi connectivity index (χ1) is 24.1. The van der Waals surface area contributed by atoms with E-state index < -0.39 is 65.6 Å². The molecule has 12 heteroatoms. The van der Waals surface area contributed by atoms with E-state index >= 15 is 4.79 Å². The first-order valence-corrected chi connectivity index (χ1v) is 18.0. The Morgan fingerprint density at radius 3 is 2.42 bits per heavy atom. The summed E-state index contributed by atoms with van der Waals surface area (Å²) in [5.74, 6) is -3.54. The van der Waals surface area contributed by atoms with Crippen LogP contribution in [0.1, 0.15) is 51.7 Å². The van der Waals surface area contributed by atoms with Crippen molar-refractivity contribution >= 4 is 45.3 Å². The van der Waals surface area contributed by atoms with Crippen LogP contribution in [0.2, 0.25) is 0 Å². The molecule has 2 aromatic carbocycles. The summed E-state index contributed by atoms with van der Waals surface area (Å²) < 4.78 is 18.8. The monoisotopic (exact) mass is 749 g/mol. The van der Waals surface area contributed by atoms with Crippen molar-refractivity contribution in [2.24, 2.45) is 17.8 Å². The molecule has 5 bridgehead atoms. The molecule has 11 nitrogen and oxygen atoms in total. The Morgan fingerprint density at radius 2 is 1.76 bits per heavy atom. The van der Waals surface area contributed by atoms with Crippen molar-refractivity contribution in [1.29, 1.82) is 0 Å². The number of carbonyl (C=O) groups is 4. The van der Waals surface area contributed by atoms with Crippen molar-refractivity contribution in [2.75, 3.05) is 25.2 Å². The number of ether oxygens (including phenoxy) is 3. The fraction of sp³-hybridized carbons (Fsp3) is 0.474. The number of aliphatic hydroxyl groups excluding tert-OH is 1. The molecule has 2 fully saturated rings. The van der Waals surface area contributed by atoms with E-state index in [0.29, 0.717) is 34.3 Å². The average Bonchev–Trinajstić information content (AvgIpc) is 3.72. The maximum Gasteiger partial charge on any atom is 0.313 e. The van der Waals surface area contributed by atoms with Crippen molar-refractivity contribution in [3.8, 4) is 5.75 Å². The van der Waals surface area contributed by atoms with Crippen LogP contribution in [-0.4, -0.2) is 83.8 Å². The highest BCUT2D eigenvalue weighted by atomic mass is 79.9. The summed E-state index contributed by atoms with van der Waals surface area (Å²) in [4.78, 5) is 60.6. The van der Waals surface area contributed by atoms with E-state index in [2.05, 4.69) is 21.2 Å². The highest BCUT2D eigenvalue weighted by Crippen LogP contribution is 2.59. The number of benzene rings is 2. The Hall–Kier alpha value is -4.00. The van der Waals surface area contributed by atoms with Gasteiger partial charge in [-0.1, -0.05) is 78.7 Å². The van der Waals surface area contributed by atoms with E-state index in [0.717, 1.165) is 0 Å². The van der Waals surface area contributed by atoms with Crippen LogP contribution in [0, 0.1) is 17.8 Å². The number of nitrogens with zero attached hydrogens (tertiary/aromatic N) is 2. The Kier molecular flexibility index (Phi) is 10.5. The number of allylic oxidation sites excluding steroid dienone is 1. The number of rotatable bonds is 7. The van der Waals surface area contributed by atoms with Gasteiger partial charge in [0.2, 0.25) is 11.8 Å². The Bertz CT molecular complexity index is 1670. The number of anilines is 1. The summed E-state index contributed by atoms with van der Waals surface area (Å²) in [5, 5.41) is 13.8. The van der Waals surface area contributed by atoms with E-state index in [1.807, 2.05) is 56.3 Å². The number of hydrogen-bond acceptors (Lipinski definition) is 8. The average molecular weight is 751 g/mol. The van der Waals surface area contributed by atoms with Gasteiger partial charge in [0.05, 0.1) is 31.7 Å². The highest BCUT2D eigenvalue weighted by Gasteiger charge is 2.75. The van der Waals surface area contributed by atoms with Crippen LogP contribution in [0.15, 0.2) is 77.3 Å². The van der Waals surface area contributed by atoms with Gasteiger partial charge in [0.25, 0.3) is 5.91 Å². The maximum atomic E-state index is 15.2. The molecule has 0 aromatic heterocycles. The van der Waals surface area contributed by atoms with Crippen molar-refractivity contribution in [3.63, 3.8) is 0 Å². The molecule has 0 radical (unpaired) electrons. The van der Waals surface area contributed by atoms with E-state index in [9.17, 15) is 19.5 Å². The summed E-state index contributed by atoms with van der Waals surface area (Å²) >= 11 is 3.61. The zero-order chi connectivity index (χ0) is 35.7. The Balaban J connectivity index is 1.50. The molecule has 50 heavy (non-hydrogen) atoms. The first kappa shape index (κ1) is 35.8. The largest absolute Gasteiger partial charge is 0.497 e. The quantitative estimate of drug-likeness (QED) is 0.314. The number of fused-ring (bicyclic) bond motifs is 2. The van der Waals surface area contributed by atoms with Crippen LogP contribution in [0.5, 0.6) is 5.75 Å². The number of amides is 3. The fourth-order valence-corrected chi connectivity index (χ4v) is 8.56. The van der Waals surface area contributed by atoms with Gasteiger partial charge in [-0.2, -0.15) is 0 Å². The number of aliphatic hydroxyl groups is 1. The number of likely N-dealkylation sites (tertiary alicyclic amines) is 1. The fourth-order valence-electron chi connectivity index (χ4n) is 7.83. The molecule has 6 rings (SSSR count). The minimum Gasteiger partial charge on any atom is -0.497 e. The molecule has 1 spiro atoms. The number of nitrogens with one attached hydrogen (secondary N) is 1. The molecule has 0 unspecified atom stereocenters. The third-order valence-electron chi connectivity index (χ3n) is 10.6.